The molecule has 0 unspecified atom stereocenters. The normalized spacial score (nSPS) is 11.1. The van der Waals surface area contributed by atoms with E-state index in [4.69, 9.17) is 11.6 Å². The third-order valence-corrected chi connectivity index (χ3v) is 5.66. The molecule has 4 aromatic rings. The lowest BCUT2D eigenvalue weighted by atomic mass is 10.2. The average Bonchev–Trinajstić information content (AvgIpc) is 3.23. The second-order valence-electron chi connectivity index (χ2n) is 6.20. The Bertz CT molecular complexity index is 1180. The summed E-state index contributed by atoms with van der Waals surface area (Å²) in [5.41, 5.74) is 2.86. The van der Waals surface area contributed by atoms with Crippen molar-refractivity contribution >= 4 is 23.4 Å². The van der Waals surface area contributed by atoms with Gasteiger partial charge in [0.25, 0.3) is 5.56 Å². The molecule has 2 heterocycles. The molecular formula is C19H17ClN6OS. The Labute approximate surface area is 170 Å². The molecule has 0 bridgehead atoms. The van der Waals surface area contributed by atoms with E-state index in [0.717, 1.165) is 16.9 Å². The molecule has 0 N–H and O–H groups in total. The lowest BCUT2D eigenvalue weighted by Crippen LogP contribution is -2.22. The van der Waals surface area contributed by atoms with Crippen molar-refractivity contribution in [3.8, 4) is 11.4 Å². The summed E-state index contributed by atoms with van der Waals surface area (Å²) in [6.07, 6.45) is 0. The minimum Gasteiger partial charge on any atom is -0.283 e. The van der Waals surface area contributed by atoms with E-state index in [1.54, 1.807) is 9.36 Å². The highest BCUT2D eigenvalue weighted by Gasteiger charge is 2.21. The summed E-state index contributed by atoms with van der Waals surface area (Å²) < 4.78 is 4.92. The number of rotatable bonds is 5. The Morgan fingerprint density at radius 3 is 2.64 bits per heavy atom. The average molecular weight is 413 g/mol. The largest absolute Gasteiger partial charge is 0.297 e. The van der Waals surface area contributed by atoms with E-state index in [9.17, 15) is 4.79 Å². The lowest BCUT2D eigenvalue weighted by Gasteiger charge is -2.07. The van der Waals surface area contributed by atoms with Gasteiger partial charge in [-0.05, 0) is 47.2 Å². The Morgan fingerprint density at radius 1 is 1.11 bits per heavy atom. The Balaban J connectivity index is 1.72. The van der Waals surface area contributed by atoms with E-state index >= 15 is 0 Å². The van der Waals surface area contributed by atoms with Crippen molar-refractivity contribution in [1.82, 2.24) is 29.6 Å². The van der Waals surface area contributed by atoms with Gasteiger partial charge in [0.2, 0.25) is 5.16 Å². The topological polar surface area (TPSA) is 70.5 Å². The monoisotopic (exact) mass is 412 g/mol. The van der Waals surface area contributed by atoms with Gasteiger partial charge in [0.1, 0.15) is 0 Å². The van der Waals surface area contributed by atoms with Gasteiger partial charge in [-0.15, -0.1) is 5.10 Å². The third kappa shape index (κ3) is 3.36. The van der Waals surface area contributed by atoms with Crippen LogP contribution in [0.25, 0.3) is 11.4 Å². The van der Waals surface area contributed by atoms with Gasteiger partial charge in [-0.2, -0.15) is 4.68 Å². The first kappa shape index (κ1) is 18.5. The summed E-state index contributed by atoms with van der Waals surface area (Å²) in [7, 11) is 1.84. The van der Waals surface area contributed by atoms with Crippen LogP contribution in [0.2, 0.25) is 5.02 Å². The summed E-state index contributed by atoms with van der Waals surface area (Å²) in [6, 6.07) is 17.1. The third-order valence-electron chi connectivity index (χ3n) is 4.43. The number of nitrogens with zero attached hydrogens (tertiary/aromatic N) is 6. The van der Waals surface area contributed by atoms with Gasteiger partial charge in [-0.3, -0.25) is 9.48 Å². The van der Waals surface area contributed by atoms with Crippen LogP contribution in [-0.4, -0.2) is 29.6 Å². The first-order chi connectivity index (χ1) is 13.6. The maximum absolute atomic E-state index is 13.2. The first-order valence-electron chi connectivity index (χ1n) is 8.56. The number of halogens is 1. The molecule has 0 atom stereocenters. The molecule has 0 spiro atoms. The van der Waals surface area contributed by atoms with Crippen molar-refractivity contribution in [2.75, 3.05) is 0 Å². The van der Waals surface area contributed by atoms with Crippen LogP contribution in [0.15, 0.2) is 64.5 Å². The number of benzene rings is 2. The Morgan fingerprint density at radius 2 is 1.89 bits per heavy atom. The van der Waals surface area contributed by atoms with Crippen LogP contribution < -0.4 is 5.56 Å². The maximum atomic E-state index is 13.2. The van der Waals surface area contributed by atoms with Gasteiger partial charge in [-0.25, -0.2) is 4.68 Å². The number of hydrogen-bond acceptors (Lipinski definition) is 5. The molecule has 0 aliphatic heterocycles. The van der Waals surface area contributed by atoms with E-state index in [0.29, 0.717) is 21.6 Å². The van der Waals surface area contributed by atoms with Gasteiger partial charge in [0, 0.05) is 17.8 Å². The zero-order valence-corrected chi connectivity index (χ0v) is 16.9. The summed E-state index contributed by atoms with van der Waals surface area (Å²) in [4.78, 5) is 13.2. The van der Waals surface area contributed by atoms with Gasteiger partial charge < -0.3 is 0 Å². The first-order valence-corrected chi connectivity index (χ1v) is 9.92. The second-order valence-corrected chi connectivity index (χ2v) is 7.58. The molecule has 142 valence electrons. The number of tetrazole rings is 1. The lowest BCUT2D eigenvalue weighted by molar-refractivity contribution is 0.630. The van der Waals surface area contributed by atoms with Crippen LogP contribution in [0.3, 0.4) is 0 Å². The smallest absolute Gasteiger partial charge is 0.283 e. The van der Waals surface area contributed by atoms with E-state index < -0.39 is 0 Å². The molecule has 0 aliphatic rings. The number of para-hydroxylation sites is 1. The van der Waals surface area contributed by atoms with Crippen LogP contribution in [0.5, 0.6) is 0 Å². The van der Waals surface area contributed by atoms with Crippen LogP contribution in [0.4, 0.5) is 0 Å². The second kappa shape index (κ2) is 7.65. The van der Waals surface area contributed by atoms with Gasteiger partial charge in [0.15, 0.2) is 5.69 Å². The van der Waals surface area contributed by atoms with Crippen molar-refractivity contribution < 1.29 is 0 Å². The minimum absolute atomic E-state index is 0.178. The number of aromatic nitrogens is 6. The molecule has 9 heteroatoms. The summed E-state index contributed by atoms with van der Waals surface area (Å²) >= 11 is 7.50. The molecule has 7 nitrogen and oxygen atoms in total. The van der Waals surface area contributed by atoms with Crippen molar-refractivity contribution in [1.29, 1.82) is 0 Å². The highest BCUT2D eigenvalue weighted by Crippen LogP contribution is 2.24. The zero-order valence-electron chi connectivity index (χ0n) is 15.3. The molecular weight excluding hydrogens is 396 g/mol. The molecule has 0 saturated heterocycles. The van der Waals surface area contributed by atoms with E-state index in [2.05, 4.69) is 15.5 Å². The predicted molar refractivity (Wildman–Crippen MR) is 109 cm³/mol. The summed E-state index contributed by atoms with van der Waals surface area (Å²) in [6.45, 7) is 1.88. The molecule has 0 amide bonds. The fourth-order valence-electron chi connectivity index (χ4n) is 2.98. The molecule has 0 saturated carbocycles. The van der Waals surface area contributed by atoms with Crippen molar-refractivity contribution in [2.24, 2.45) is 7.05 Å². The molecule has 0 fully saturated rings. The van der Waals surface area contributed by atoms with Crippen molar-refractivity contribution in [3.63, 3.8) is 0 Å². The fraction of sp³-hybridized carbons (Fsp3) is 0.158. The Kier molecular flexibility index (Phi) is 5.06. The van der Waals surface area contributed by atoms with Gasteiger partial charge in [0.05, 0.1) is 11.4 Å². The van der Waals surface area contributed by atoms with E-state index in [1.807, 2.05) is 68.6 Å². The van der Waals surface area contributed by atoms with Crippen LogP contribution in [0, 0.1) is 6.92 Å². The van der Waals surface area contributed by atoms with Crippen LogP contribution in [0.1, 0.15) is 11.3 Å². The van der Waals surface area contributed by atoms with Crippen molar-refractivity contribution in [2.45, 2.75) is 17.8 Å². The quantitative estimate of drug-likeness (QED) is 0.470. The summed E-state index contributed by atoms with van der Waals surface area (Å²) in [5.74, 6) is 0.639. The van der Waals surface area contributed by atoms with Crippen molar-refractivity contribution in [3.05, 3.63) is 81.2 Å². The Hall–Kier alpha value is -2.84. The van der Waals surface area contributed by atoms with Gasteiger partial charge >= 0.3 is 0 Å². The SMILES string of the molecule is Cc1c(-n2nnnc2SCc2cccc(Cl)c2)c(=O)n(-c2ccccc2)n1C. The van der Waals surface area contributed by atoms with Gasteiger partial charge in [-0.1, -0.05) is 53.7 Å². The molecule has 2 aromatic heterocycles. The molecule has 0 radical (unpaired) electrons. The maximum Gasteiger partial charge on any atom is 0.297 e. The van der Waals surface area contributed by atoms with E-state index in [1.165, 1.54) is 16.4 Å². The molecule has 28 heavy (non-hydrogen) atoms. The van der Waals surface area contributed by atoms with Crippen LogP contribution in [-0.2, 0) is 12.8 Å². The predicted octanol–water partition coefficient (Wildman–Crippen LogP) is 3.41. The summed E-state index contributed by atoms with van der Waals surface area (Å²) in [5, 5.41) is 13.2. The number of thioether (sulfide) groups is 1. The highest BCUT2D eigenvalue weighted by atomic mass is 35.5. The van der Waals surface area contributed by atoms with E-state index in [-0.39, 0.29) is 5.56 Å². The molecule has 2 aromatic carbocycles. The standard InChI is InChI=1S/C19H17ClN6OS/c1-13-17(18(27)26(24(13)2)16-9-4-3-5-10-16)25-19(21-22-23-25)28-12-14-7-6-8-15(20)11-14/h3-11H,12H2,1-2H3. The number of hydrogen-bond donors (Lipinski definition) is 0. The highest BCUT2D eigenvalue weighted by molar-refractivity contribution is 7.98. The zero-order chi connectivity index (χ0) is 19.7. The fourth-order valence-corrected chi connectivity index (χ4v) is 4.01. The van der Waals surface area contributed by atoms with Crippen LogP contribution >= 0.6 is 23.4 Å². The molecule has 0 aliphatic carbocycles. The minimum atomic E-state index is -0.178. The molecule has 4 rings (SSSR count).